The summed E-state index contributed by atoms with van der Waals surface area (Å²) in [6, 6.07) is 3.95. The lowest BCUT2D eigenvalue weighted by Crippen LogP contribution is -2.56. The van der Waals surface area contributed by atoms with Gasteiger partial charge in [-0.2, -0.15) is 0 Å². The van der Waals surface area contributed by atoms with Crippen molar-refractivity contribution < 1.29 is 9.18 Å². The van der Waals surface area contributed by atoms with Crippen LogP contribution < -0.4 is 0 Å². The maximum absolute atomic E-state index is 13.7. The first-order valence-electron chi connectivity index (χ1n) is 11.0. The van der Waals surface area contributed by atoms with E-state index in [1.165, 1.54) is 31.4 Å². The molecule has 0 radical (unpaired) electrons. The lowest BCUT2D eigenvalue weighted by molar-refractivity contribution is -0.135. The Morgan fingerprint density at radius 3 is 2.62 bits per heavy atom. The second kappa shape index (κ2) is 7.69. The predicted molar refractivity (Wildman–Crippen MR) is 110 cm³/mol. The first-order valence-corrected chi connectivity index (χ1v) is 11.0. The van der Waals surface area contributed by atoms with Crippen molar-refractivity contribution >= 4 is 16.9 Å². The van der Waals surface area contributed by atoms with E-state index in [0.717, 1.165) is 68.0 Å². The third-order valence-corrected chi connectivity index (χ3v) is 6.90. The molecule has 5 rings (SSSR count). The van der Waals surface area contributed by atoms with E-state index in [2.05, 4.69) is 19.7 Å². The SMILES string of the molecule is Cc1cc(F)cc2[nH]c(CN3CC4CCC(C3)N4CC(=O)N3CCCCC3)nc12. The first-order chi connectivity index (χ1) is 14.1. The number of nitrogens with one attached hydrogen (secondary N) is 1. The third kappa shape index (κ3) is 3.78. The topological polar surface area (TPSA) is 55.5 Å². The highest BCUT2D eigenvalue weighted by molar-refractivity contribution is 5.79. The molecule has 156 valence electrons. The van der Waals surface area contributed by atoms with E-state index >= 15 is 0 Å². The number of amides is 1. The number of hydrogen-bond acceptors (Lipinski definition) is 4. The summed E-state index contributed by atoms with van der Waals surface area (Å²) in [6.07, 6.45) is 5.87. The van der Waals surface area contributed by atoms with Gasteiger partial charge in [0.25, 0.3) is 0 Å². The average Bonchev–Trinajstić information content (AvgIpc) is 3.19. The molecule has 1 aromatic heterocycles. The van der Waals surface area contributed by atoms with Gasteiger partial charge >= 0.3 is 0 Å². The van der Waals surface area contributed by atoms with Gasteiger partial charge in [-0.3, -0.25) is 14.6 Å². The zero-order chi connectivity index (χ0) is 20.0. The van der Waals surface area contributed by atoms with E-state index in [1.54, 1.807) is 0 Å². The van der Waals surface area contributed by atoms with Crippen LogP contribution in [0.5, 0.6) is 0 Å². The molecule has 3 fully saturated rings. The highest BCUT2D eigenvalue weighted by Crippen LogP contribution is 2.31. The van der Waals surface area contributed by atoms with Gasteiger partial charge in [-0.25, -0.2) is 9.37 Å². The van der Waals surface area contributed by atoms with Crippen LogP contribution in [0.1, 0.15) is 43.5 Å². The second-order valence-corrected chi connectivity index (χ2v) is 9.00. The van der Waals surface area contributed by atoms with Gasteiger partial charge in [0.2, 0.25) is 5.91 Å². The lowest BCUT2D eigenvalue weighted by Gasteiger charge is -2.41. The fourth-order valence-electron chi connectivity index (χ4n) is 5.45. The van der Waals surface area contributed by atoms with Crippen LogP contribution in [0.3, 0.4) is 0 Å². The number of aryl methyl sites for hydroxylation is 1. The summed E-state index contributed by atoms with van der Waals surface area (Å²) >= 11 is 0. The number of halogens is 1. The molecule has 3 saturated heterocycles. The molecule has 6 nitrogen and oxygen atoms in total. The number of H-pyrrole nitrogens is 1. The summed E-state index contributed by atoms with van der Waals surface area (Å²) in [7, 11) is 0. The van der Waals surface area contributed by atoms with Crippen LogP contribution in [0.2, 0.25) is 0 Å². The van der Waals surface area contributed by atoms with E-state index < -0.39 is 0 Å². The molecule has 0 spiro atoms. The van der Waals surface area contributed by atoms with Crippen molar-refractivity contribution in [2.75, 3.05) is 32.7 Å². The molecule has 3 aliphatic rings. The van der Waals surface area contributed by atoms with E-state index in [-0.39, 0.29) is 5.82 Å². The number of piperazine rings is 1. The van der Waals surface area contributed by atoms with Crippen LogP contribution in [-0.4, -0.2) is 75.4 Å². The first kappa shape index (κ1) is 19.0. The van der Waals surface area contributed by atoms with Gasteiger partial charge < -0.3 is 9.88 Å². The molecule has 1 amide bonds. The number of hydrogen-bond donors (Lipinski definition) is 1. The van der Waals surface area contributed by atoms with E-state index in [0.29, 0.717) is 24.5 Å². The molecule has 1 N–H and O–H groups in total. The Hall–Kier alpha value is -1.99. The van der Waals surface area contributed by atoms with Crippen molar-refractivity contribution in [1.82, 2.24) is 24.7 Å². The van der Waals surface area contributed by atoms with Crippen molar-refractivity contribution in [3.05, 3.63) is 29.3 Å². The molecular weight excluding hydrogens is 369 g/mol. The summed E-state index contributed by atoms with van der Waals surface area (Å²) in [5, 5.41) is 0. The highest BCUT2D eigenvalue weighted by Gasteiger charge is 2.41. The lowest BCUT2D eigenvalue weighted by atomic mass is 10.1. The molecule has 3 aliphatic heterocycles. The predicted octanol–water partition coefficient (Wildman–Crippen LogP) is 2.67. The Kier molecular flexibility index (Phi) is 5.04. The van der Waals surface area contributed by atoms with E-state index in [9.17, 15) is 9.18 Å². The number of fused-ring (bicyclic) bond motifs is 3. The number of rotatable bonds is 4. The van der Waals surface area contributed by atoms with Crippen LogP contribution in [0.4, 0.5) is 4.39 Å². The molecule has 2 unspecified atom stereocenters. The largest absolute Gasteiger partial charge is 0.342 e. The standard InChI is InChI=1S/C22H30FN5O/c1-15-9-16(23)10-19-22(15)25-20(24-19)13-26-11-17-5-6-18(12-26)28(17)14-21(29)27-7-3-2-4-8-27/h9-10,17-18H,2-8,11-14H2,1H3,(H,24,25). The van der Waals surface area contributed by atoms with Crippen molar-refractivity contribution in [3.8, 4) is 0 Å². The number of carbonyl (C=O) groups is 1. The second-order valence-electron chi connectivity index (χ2n) is 9.00. The van der Waals surface area contributed by atoms with Gasteiger partial charge in [0.1, 0.15) is 11.6 Å². The van der Waals surface area contributed by atoms with Crippen LogP contribution in [0, 0.1) is 12.7 Å². The van der Waals surface area contributed by atoms with Gasteiger partial charge in [0.05, 0.1) is 24.1 Å². The Morgan fingerprint density at radius 1 is 1.17 bits per heavy atom. The molecule has 2 aromatic rings. The zero-order valence-corrected chi connectivity index (χ0v) is 17.2. The smallest absolute Gasteiger partial charge is 0.236 e. The minimum atomic E-state index is -0.227. The number of piperidine rings is 1. The minimum absolute atomic E-state index is 0.227. The van der Waals surface area contributed by atoms with Crippen LogP contribution in [0.25, 0.3) is 11.0 Å². The quantitative estimate of drug-likeness (QED) is 0.859. The summed E-state index contributed by atoms with van der Waals surface area (Å²) < 4.78 is 13.7. The molecule has 7 heteroatoms. The Bertz CT molecular complexity index is 892. The van der Waals surface area contributed by atoms with Gasteiger partial charge in [-0.15, -0.1) is 0 Å². The number of aromatic amines is 1. The molecule has 1 aromatic carbocycles. The molecular formula is C22H30FN5O. The normalized spacial score (nSPS) is 25.8. The molecule has 2 atom stereocenters. The average molecular weight is 400 g/mol. The van der Waals surface area contributed by atoms with Gasteiger partial charge in [0.15, 0.2) is 0 Å². The number of nitrogens with zero attached hydrogens (tertiary/aromatic N) is 4. The Balaban J connectivity index is 1.23. The molecule has 2 bridgehead atoms. The number of aromatic nitrogens is 2. The maximum Gasteiger partial charge on any atom is 0.236 e. The molecule has 29 heavy (non-hydrogen) atoms. The van der Waals surface area contributed by atoms with Gasteiger partial charge in [-0.1, -0.05) is 0 Å². The fourth-order valence-corrected chi connectivity index (χ4v) is 5.45. The van der Waals surface area contributed by atoms with Crippen molar-refractivity contribution in [2.24, 2.45) is 0 Å². The summed E-state index contributed by atoms with van der Waals surface area (Å²) in [4.78, 5) is 27.7. The molecule has 0 saturated carbocycles. The number of imidazole rings is 1. The van der Waals surface area contributed by atoms with Crippen molar-refractivity contribution in [1.29, 1.82) is 0 Å². The zero-order valence-electron chi connectivity index (χ0n) is 17.2. The summed E-state index contributed by atoms with van der Waals surface area (Å²) in [6.45, 7) is 7.01. The number of likely N-dealkylation sites (tertiary alicyclic amines) is 2. The van der Waals surface area contributed by atoms with Crippen LogP contribution in [0.15, 0.2) is 12.1 Å². The number of carbonyl (C=O) groups excluding carboxylic acids is 1. The Labute approximate surface area is 171 Å². The summed E-state index contributed by atoms with van der Waals surface area (Å²) in [5.74, 6) is 0.978. The third-order valence-electron chi connectivity index (χ3n) is 6.90. The highest BCUT2D eigenvalue weighted by atomic mass is 19.1. The van der Waals surface area contributed by atoms with Crippen LogP contribution in [-0.2, 0) is 11.3 Å². The van der Waals surface area contributed by atoms with Crippen LogP contribution >= 0.6 is 0 Å². The number of benzene rings is 1. The van der Waals surface area contributed by atoms with E-state index in [4.69, 9.17) is 4.98 Å². The van der Waals surface area contributed by atoms with Crippen molar-refractivity contribution in [3.63, 3.8) is 0 Å². The monoisotopic (exact) mass is 399 g/mol. The molecule has 4 heterocycles. The van der Waals surface area contributed by atoms with Gasteiger partial charge in [-0.05, 0) is 56.7 Å². The summed E-state index contributed by atoms with van der Waals surface area (Å²) in [5.41, 5.74) is 2.49. The Morgan fingerprint density at radius 2 is 1.90 bits per heavy atom. The van der Waals surface area contributed by atoms with Gasteiger partial charge in [0, 0.05) is 38.3 Å². The van der Waals surface area contributed by atoms with Crippen molar-refractivity contribution in [2.45, 2.75) is 57.7 Å². The minimum Gasteiger partial charge on any atom is -0.342 e. The van der Waals surface area contributed by atoms with E-state index in [1.807, 2.05) is 6.92 Å². The molecule has 0 aliphatic carbocycles. The maximum atomic E-state index is 13.7. The fraction of sp³-hybridized carbons (Fsp3) is 0.636.